The molecule has 3 heteroatoms. The van der Waals surface area contributed by atoms with Crippen LogP contribution in [0.25, 0.3) is 87.7 Å². The molecule has 0 aliphatic carbocycles. The van der Waals surface area contributed by atoms with Crippen LogP contribution in [-0.4, -0.2) is 4.98 Å². The Morgan fingerprint density at radius 2 is 0.885 bits per heavy atom. The topological polar surface area (TPSA) is 39.9 Å². The van der Waals surface area contributed by atoms with E-state index in [-0.39, 0.29) is 0 Å². The molecule has 1 aromatic heterocycles. The molecule has 0 aliphatic heterocycles. The van der Waals surface area contributed by atoms with E-state index >= 15 is 0 Å². The Morgan fingerprint density at radius 1 is 0.361 bits per heavy atom. The number of hydrogen-bond donors (Lipinski definition) is 0. The fraction of sp³-hybridized carbons (Fsp3) is 0. The third-order valence-corrected chi connectivity index (χ3v) is 11.9. The van der Waals surface area contributed by atoms with Gasteiger partial charge in [-0.25, -0.2) is 0 Å². The van der Waals surface area contributed by atoms with Gasteiger partial charge >= 0.3 is 0 Å². The largest absolute Gasteiger partial charge is 0.310 e. The normalized spacial score (nSPS) is 11.3. The van der Waals surface area contributed by atoms with E-state index in [1.165, 1.54) is 65.3 Å². The van der Waals surface area contributed by atoms with Crippen molar-refractivity contribution >= 4 is 60.2 Å². The zero-order valence-corrected chi connectivity index (χ0v) is 33.2. The molecule has 61 heavy (non-hydrogen) atoms. The minimum Gasteiger partial charge on any atom is -0.310 e. The molecule has 0 amide bonds. The van der Waals surface area contributed by atoms with Crippen LogP contribution in [0.5, 0.6) is 0 Å². The molecule has 11 rings (SSSR count). The molecule has 11 aromatic rings. The number of rotatable bonds is 7. The van der Waals surface area contributed by atoms with Crippen molar-refractivity contribution in [1.82, 2.24) is 4.98 Å². The van der Waals surface area contributed by atoms with Crippen molar-refractivity contribution in [3.8, 4) is 50.7 Å². The van der Waals surface area contributed by atoms with Crippen molar-refractivity contribution in [2.45, 2.75) is 0 Å². The monoisotopic (exact) mass is 775 g/mol. The van der Waals surface area contributed by atoms with E-state index in [2.05, 4.69) is 192 Å². The summed E-state index contributed by atoms with van der Waals surface area (Å²) in [7, 11) is 0. The van der Waals surface area contributed by atoms with E-state index in [9.17, 15) is 5.26 Å². The Labute approximate surface area is 354 Å². The average Bonchev–Trinajstić information content (AvgIpc) is 3.34. The predicted molar refractivity (Wildman–Crippen MR) is 255 cm³/mol. The van der Waals surface area contributed by atoms with E-state index in [1.807, 2.05) is 48.7 Å². The first-order valence-electron chi connectivity index (χ1n) is 20.6. The van der Waals surface area contributed by atoms with Crippen molar-refractivity contribution < 1.29 is 0 Å². The average molecular weight is 776 g/mol. The van der Waals surface area contributed by atoms with Gasteiger partial charge in [0.2, 0.25) is 0 Å². The number of nitrogens with zero attached hydrogens (tertiary/aromatic N) is 3. The van der Waals surface area contributed by atoms with Crippen LogP contribution in [0.3, 0.4) is 0 Å². The lowest BCUT2D eigenvalue weighted by Crippen LogP contribution is -2.10. The first kappa shape index (κ1) is 35.8. The molecule has 0 unspecified atom stereocenters. The van der Waals surface area contributed by atoms with Crippen LogP contribution in [-0.2, 0) is 0 Å². The highest BCUT2D eigenvalue weighted by atomic mass is 15.1. The molecule has 3 nitrogen and oxygen atoms in total. The van der Waals surface area contributed by atoms with E-state index < -0.39 is 0 Å². The fourth-order valence-electron chi connectivity index (χ4n) is 9.10. The second kappa shape index (κ2) is 15.1. The maximum atomic E-state index is 9.59. The number of hydrogen-bond acceptors (Lipinski definition) is 3. The van der Waals surface area contributed by atoms with E-state index in [0.717, 1.165) is 39.4 Å². The number of nitriles is 1. The highest BCUT2D eigenvalue weighted by Crippen LogP contribution is 2.48. The number of fused-ring (bicyclic) bond motifs is 4. The van der Waals surface area contributed by atoms with Crippen LogP contribution in [0, 0.1) is 11.3 Å². The molecule has 0 N–H and O–H groups in total. The molecular weight excluding hydrogens is 739 g/mol. The summed E-state index contributed by atoms with van der Waals surface area (Å²) < 4.78 is 0. The molecule has 284 valence electrons. The maximum absolute atomic E-state index is 9.59. The van der Waals surface area contributed by atoms with Gasteiger partial charge in [-0.2, -0.15) is 5.26 Å². The van der Waals surface area contributed by atoms with Crippen molar-refractivity contribution in [2.24, 2.45) is 0 Å². The Balaban J connectivity index is 1.11. The fourth-order valence-corrected chi connectivity index (χ4v) is 9.10. The molecule has 0 radical (unpaired) electrons. The number of benzene rings is 10. The van der Waals surface area contributed by atoms with Gasteiger partial charge < -0.3 is 4.90 Å². The first-order valence-corrected chi connectivity index (χ1v) is 20.6. The SMILES string of the molecule is N#Cc1ccc(N(c2ccc(-c3ccc4c(-c5cccc6ccccc56)c5ccccc5c(-c5cccc6ccccc56)c4c3)cc2)c2cccc(-c3ccccn3)c2)cc1. The molecule has 0 spiro atoms. The summed E-state index contributed by atoms with van der Waals surface area (Å²) in [6.45, 7) is 0. The molecule has 0 saturated carbocycles. The highest BCUT2D eigenvalue weighted by Gasteiger charge is 2.20. The van der Waals surface area contributed by atoms with Gasteiger partial charge in [0.15, 0.2) is 0 Å². The summed E-state index contributed by atoms with van der Waals surface area (Å²) in [6.07, 6.45) is 1.82. The zero-order chi connectivity index (χ0) is 40.7. The second-order valence-corrected chi connectivity index (χ2v) is 15.4. The standard InChI is InChI=1S/C58H37N3/c59-38-39-25-30-45(31-26-39)61(47-17-9-16-44(36-47)56-24-7-8-35-60-56)46-32-27-40(28-33-46)43-29-34-54-55(37-43)58(51-23-11-15-42-13-2-4-19-49(42)51)53-21-6-5-20-52(53)57(54)50-22-10-14-41-12-1-3-18-48(41)50/h1-37H. The Kier molecular flexibility index (Phi) is 8.88. The molecule has 1 heterocycles. The minimum absolute atomic E-state index is 0.622. The van der Waals surface area contributed by atoms with Crippen LogP contribution in [0.2, 0.25) is 0 Å². The summed E-state index contributed by atoms with van der Waals surface area (Å²) in [5.74, 6) is 0. The van der Waals surface area contributed by atoms with Crippen LogP contribution in [0.15, 0.2) is 225 Å². The minimum atomic E-state index is 0.622. The molecule has 0 bridgehead atoms. The molecule has 0 aliphatic rings. The highest BCUT2D eigenvalue weighted by molar-refractivity contribution is 6.25. The van der Waals surface area contributed by atoms with E-state index in [4.69, 9.17) is 0 Å². The molecule has 0 atom stereocenters. The maximum Gasteiger partial charge on any atom is 0.0991 e. The van der Waals surface area contributed by atoms with Gasteiger partial charge in [-0.1, -0.05) is 152 Å². The summed E-state index contributed by atoms with van der Waals surface area (Å²) in [6, 6.07) is 80.0. The lowest BCUT2D eigenvalue weighted by atomic mass is 9.83. The van der Waals surface area contributed by atoms with Gasteiger partial charge in [-0.3, -0.25) is 4.98 Å². The van der Waals surface area contributed by atoms with Gasteiger partial charge in [0.05, 0.1) is 17.3 Å². The van der Waals surface area contributed by atoms with Crippen LogP contribution >= 0.6 is 0 Å². The van der Waals surface area contributed by atoms with Crippen LogP contribution < -0.4 is 4.90 Å². The Hall–Kier alpha value is -8.32. The summed E-state index contributed by atoms with van der Waals surface area (Å²) in [5.41, 5.74) is 12.7. The van der Waals surface area contributed by atoms with E-state index in [1.54, 1.807) is 0 Å². The van der Waals surface area contributed by atoms with E-state index in [0.29, 0.717) is 5.56 Å². The number of aromatic nitrogens is 1. The number of anilines is 3. The Bertz CT molecular complexity index is 3460. The van der Waals surface area contributed by atoms with Gasteiger partial charge in [-0.15, -0.1) is 0 Å². The Morgan fingerprint density at radius 3 is 1.51 bits per heavy atom. The third-order valence-electron chi connectivity index (χ3n) is 11.9. The summed E-state index contributed by atoms with van der Waals surface area (Å²) in [5, 5.41) is 19.4. The lowest BCUT2D eigenvalue weighted by molar-refractivity contribution is 1.27. The van der Waals surface area contributed by atoms with Gasteiger partial charge in [-0.05, 0) is 143 Å². The van der Waals surface area contributed by atoms with Crippen molar-refractivity contribution in [3.63, 3.8) is 0 Å². The van der Waals surface area contributed by atoms with Gasteiger partial charge in [0, 0.05) is 28.8 Å². The van der Waals surface area contributed by atoms with Gasteiger partial charge in [0.25, 0.3) is 0 Å². The number of pyridine rings is 1. The predicted octanol–water partition coefficient (Wildman–Crippen LogP) is 15.7. The van der Waals surface area contributed by atoms with Gasteiger partial charge in [0.1, 0.15) is 0 Å². The van der Waals surface area contributed by atoms with Crippen LogP contribution in [0.1, 0.15) is 5.56 Å². The summed E-state index contributed by atoms with van der Waals surface area (Å²) >= 11 is 0. The quantitative estimate of drug-likeness (QED) is 0.151. The molecule has 0 saturated heterocycles. The van der Waals surface area contributed by atoms with Crippen molar-refractivity contribution in [3.05, 3.63) is 230 Å². The smallest absolute Gasteiger partial charge is 0.0991 e. The zero-order valence-electron chi connectivity index (χ0n) is 33.2. The molecule has 10 aromatic carbocycles. The third kappa shape index (κ3) is 6.35. The van der Waals surface area contributed by atoms with Crippen molar-refractivity contribution in [2.75, 3.05) is 4.90 Å². The lowest BCUT2D eigenvalue weighted by Gasteiger charge is -2.26. The van der Waals surface area contributed by atoms with Crippen molar-refractivity contribution in [1.29, 1.82) is 5.26 Å². The summed E-state index contributed by atoms with van der Waals surface area (Å²) in [4.78, 5) is 6.86. The van der Waals surface area contributed by atoms with Crippen LogP contribution in [0.4, 0.5) is 17.1 Å². The first-order chi connectivity index (χ1) is 30.2. The molecular formula is C58H37N3. The molecule has 0 fully saturated rings. The second-order valence-electron chi connectivity index (χ2n) is 15.4.